The van der Waals surface area contributed by atoms with E-state index in [1.54, 1.807) is 24.3 Å². The van der Waals surface area contributed by atoms with Gasteiger partial charge in [-0.05, 0) is 17.7 Å². The highest BCUT2D eigenvalue weighted by atomic mass is 17.2. The first kappa shape index (κ1) is 19.2. The smallest absolute Gasteiger partial charge is 0.338 e. The van der Waals surface area contributed by atoms with Gasteiger partial charge in [-0.15, -0.1) is 0 Å². The van der Waals surface area contributed by atoms with Crippen molar-refractivity contribution in [2.75, 3.05) is 52.9 Å². The minimum atomic E-state index is -0.391. The monoisotopic (exact) mass is 368 g/mol. The lowest BCUT2D eigenvalue weighted by Gasteiger charge is -2.22. The first-order valence-electron chi connectivity index (χ1n) is 8.70. The second-order valence-corrected chi connectivity index (χ2v) is 5.98. The maximum absolute atomic E-state index is 12.0. The molecule has 1 aromatic carbocycles. The quantitative estimate of drug-likeness (QED) is 0.292. The van der Waals surface area contributed by atoms with E-state index in [0.717, 1.165) is 5.56 Å². The number of hydrogen-bond donors (Lipinski definition) is 0. The van der Waals surface area contributed by atoms with Crippen LogP contribution in [0.4, 0.5) is 0 Å². The Labute approximate surface area is 152 Å². The van der Waals surface area contributed by atoms with Crippen LogP contribution < -0.4 is 0 Å². The molecule has 8 heteroatoms. The average Bonchev–Trinajstić information content (AvgIpc) is 2.71. The van der Waals surface area contributed by atoms with Gasteiger partial charge in [-0.1, -0.05) is 12.1 Å². The molecule has 26 heavy (non-hydrogen) atoms. The van der Waals surface area contributed by atoms with Gasteiger partial charge in [0.05, 0.1) is 45.2 Å². The first-order chi connectivity index (χ1) is 12.8. The van der Waals surface area contributed by atoms with Crippen LogP contribution in [0.3, 0.4) is 0 Å². The number of carbonyl (C=O) groups excluding carboxylic acids is 1. The van der Waals surface area contributed by atoms with Crippen LogP contribution in [0.1, 0.15) is 15.9 Å². The van der Waals surface area contributed by atoms with Gasteiger partial charge in [0.1, 0.15) is 32.0 Å². The maximum Gasteiger partial charge on any atom is 0.338 e. The molecule has 0 aliphatic carbocycles. The van der Waals surface area contributed by atoms with E-state index in [-0.39, 0.29) is 25.4 Å². The van der Waals surface area contributed by atoms with E-state index in [9.17, 15) is 4.79 Å². The molecule has 0 spiro atoms. The van der Waals surface area contributed by atoms with E-state index in [1.165, 1.54) is 0 Å². The van der Waals surface area contributed by atoms with Crippen LogP contribution in [0.25, 0.3) is 0 Å². The Hall–Kier alpha value is -1.55. The van der Waals surface area contributed by atoms with Gasteiger partial charge in [0.2, 0.25) is 0 Å². The Kier molecular flexibility index (Phi) is 7.81. The fourth-order valence-corrected chi connectivity index (χ4v) is 2.49. The van der Waals surface area contributed by atoms with Crippen molar-refractivity contribution in [1.29, 1.82) is 0 Å². The molecule has 1 aromatic rings. The molecule has 0 amide bonds. The second kappa shape index (κ2) is 10.6. The molecule has 2 heterocycles. The standard InChI is InChI=1S/C18H24O8/c19-18(24-12-16-10-20-5-7-22-16)15-3-1-14(2-4-15)9-25-26-13-17-11-21-6-8-23-17/h1-4,16-17H,5-13H2. The summed E-state index contributed by atoms with van der Waals surface area (Å²) in [6.45, 7) is 4.04. The fraction of sp³-hybridized carbons (Fsp3) is 0.611. The van der Waals surface area contributed by atoms with Crippen LogP contribution in [0.15, 0.2) is 24.3 Å². The summed E-state index contributed by atoms with van der Waals surface area (Å²) in [6.07, 6.45) is -0.296. The summed E-state index contributed by atoms with van der Waals surface area (Å²) in [6, 6.07) is 6.97. The highest BCUT2D eigenvalue weighted by Crippen LogP contribution is 2.10. The maximum atomic E-state index is 12.0. The average molecular weight is 368 g/mol. The number of rotatable bonds is 8. The van der Waals surface area contributed by atoms with E-state index >= 15 is 0 Å². The molecule has 0 N–H and O–H groups in total. The lowest BCUT2D eigenvalue weighted by molar-refractivity contribution is -0.321. The normalized spacial score (nSPS) is 23.5. The summed E-state index contributed by atoms with van der Waals surface area (Å²) < 4.78 is 26.7. The number of hydrogen-bond acceptors (Lipinski definition) is 8. The van der Waals surface area contributed by atoms with Crippen LogP contribution in [0.5, 0.6) is 0 Å². The van der Waals surface area contributed by atoms with E-state index in [1.807, 2.05) is 0 Å². The largest absolute Gasteiger partial charge is 0.459 e. The molecule has 0 saturated carbocycles. The number of esters is 1. The number of benzene rings is 1. The van der Waals surface area contributed by atoms with E-state index in [0.29, 0.717) is 51.8 Å². The third-order valence-corrected chi connectivity index (χ3v) is 3.92. The second-order valence-electron chi connectivity index (χ2n) is 5.98. The molecule has 0 radical (unpaired) electrons. The summed E-state index contributed by atoms with van der Waals surface area (Å²) in [5, 5.41) is 0. The lowest BCUT2D eigenvalue weighted by atomic mass is 10.1. The van der Waals surface area contributed by atoms with Gasteiger partial charge in [-0.25, -0.2) is 14.6 Å². The predicted octanol–water partition coefficient (Wildman–Crippen LogP) is 1.12. The van der Waals surface area contributed by atoms with Gasteiger partial charge in [0, 0.05) is 0 Å². The summed E-state index contributed by atoms with van der Waals surface area (Å²) >= 11 is 0. The van der Waals surface area contributed by atoms with Crippen molar-refractivity contribution in [2.45, 2.75) is 18.8 Å². The van der Waals surface area contributed by atoms with Gasteiger partial charge in [-0.3, -0.25) is 0 Å². The zero-order chi connectivity index (χ0) is 18.0. The highest BCUT2D eigenvalue weighted by molar-refractivity contribution is 5.89. The summed E-state index contributed by atoms with van der Waals surface area (Å²) in [5.41, 5.74) is 1.35. The molecule has 2 fully saturated rings. The predicted molar refractivity (Wildman–Crippen MR) is 88.6 cm³/mol. The van der Waals surface area contributed by atoms with Crippen molar-refractivity contribution in [1.82, 2.24) is 0 Å². The molecule has 2 saturated heterocycles. The SMILES string of the molecule is O=C(OCC1COCCO1)c1ccc(COOCC2COCCO2)cc1. The van der Waals surface area contributed by atoms with Crippen molar-refractivity contribution in [3.63, 3.8) is 0 Å². The van der Waals surface area contributed by atoms with Gasteiger partial charge in [-0.2, -0.15) is 0 Å². The van der Waals surface area contributed by atoms with Gasteiger partial charge in [0.25, 0.3) is 0 Å². The van der Waals surface area contributed by atoms with Crippen LogP contribution in [-0.2, 0) is 40.1 Å². The van der Waals surface area contributed by atoms with Gasteiger partial charge in [0.15, 0.2) is 0 Å². The molecule has 3 rings (SSSR count). The van der Waals surface area contributed by atoms with Crippen molar-refractivity contribution >= 4 is 5.97 Å². The topological polar surface area (TPSA) is 81.7 Å². The molecule has 2 aliphatic rings. The molecular weight excluding hydrogens is 344 g/mol. The Balaban J connectivity index is 1.33. The fourth-order valence-electron chi connectivity index (χ4n) is 2.49. The Morgan fingerprint density at radius 1 is 0.885 bits per heavy atom. The highest BCUT2D eigenvalue weighted by Gasteiger charge is 2.17. The van der Waals surface area contributed by atoms with Crippen LogP contribution >= 0.6 is 0 Å². The lowest BCUT2D eigenvalue weighted by Crippen LogP contribution is -2.33. The molecule has 144 valence electrons. The van der Waals surface area contributed by atoms with Crippen molar-refractivity contribution in [3.8, 4) is 0 Å². The van der Waals surface area contributed by atoms with Crippen molar-refractivity contribution < 1.29 is 38.3 Å². The minimum absolute atomic E-state index is 0.0977. The molecular formula is C18H24O8. The van der Waals surface area contributed by atoms with E-state index in [4.69, 9.17) is 33.5 Å². The summed E-state index contributed by atoms with van der Waals surface area (Å²) in [5.74, 6) is -0.391. The van der Waals surface area contributed by atoms with Gasteiger partial charge >= 0.3 is 5.97 Å². The first-order valence-corrected chi connectivity index (χ1v) is 8.70. The van der Waals surface area contributed by atoms with Crippen LogP contribution in [0.2, 0.25) is 0 Å². The van der Waals surface area contributed by atoms with Gasteiger partial charge < -0.3 is 23.7 Å². The summed E-state index contributed by atoms with van der Waals surface area (Å²) in [7, 11) is 0. The Morgan fingerprint density at radius 3 is 2.15 bits per heavy atom. The zero-order valence-corrected chi connectivity index (χ0v) is 14.6. The molecule has 2 aliphatic heterocycles. The third-order valence-electron chi connectivity index (χ3n) is 3.92. The number of ether oxygens (including phenoxy) is 5. The molecule has 0 aromatic heterocycles. The van der Waals surface area contributed by atoms with Crippen molar-refractivity contribution in [2.24, 2.45) is 0 Å². The van der Waals surface area contributed by atoms with Crippen molar-refractivity contribution in [3.05, 3.63) is 35.4 Å². The molecule has 8 nitrogen and oxygen atoms in total. The van der Waals surface area contributed by atoms with E-state index in [2.05, 4.69) is 0 Å². The number of carbonyl (C=O) groups is 1. The molecule has 0 bridgehead atoms. The minimum Gasteiger partial charge on any atom is -0.459 e. The van der Waals surface area contributed by atoms with Crippen LogP contribution in [0, 0.1) is 0 Å². The Bertz CT molecular complexity index is 535. The Morgan fingerprint density at radius 2 is 1.54 bits per heavy atom. The third kappa shape index (κ3) is 6.31. The van der Waals surface area contributed by atoms with Crippen LogP contribution in [-0.4, -0.2) is 71.0 Å². The molecule has 2 atom stereocenters. The summed E-state index contributed by atoms with van der Waals surface area (Å²) in [4.78, 5) is 22.3. The zero-order valence-electron chi connectivity index (χ0n) is 14.6. The molecule has 2 unspecified atom stereocenters. The van der Waals surface area contributed by atoms with E-state index < -0.39 is 5.97 Å².